The highest BCUT2D eigenvalue weighted by molar-refractivity contribution is 7.14. The minimum Gasteiger partial charge on any atom is -0.334 e. The van der Waals surface area contributed by atoms with Crippen LogP contribution in [-0.2, 0) is 19.4 Å². The summed E-state index contributed by atoms with van der Waals surface area (Å²) in [5.41, 5.74) is 3.24. The number of hydrogen-bond acceptors (Lipinski definition) is 2. The molecule has 3 rings (SSSR count). The average Bonchev–Trinajstić information content (AvgIpc) is 2.76. The minimum atomic E-state index is 0.259. The van der Waals surface area contributed by atoms with Gasteiger partial charge in [0.15, 0.2) is 0 Å². The van der Waals surface area contributed by atoms with Gasteiger partial charge < -0.3 is 4.90 Å². The molecule has 1 aromatic rings. The molecular formula is C13H17NOS. The summed E-state index contributed by atoms with van der Waals surface area (Å²) in [5.74, 6) is 0.259. The van der Waals surface area contributed by atoms with E-state index in [0.29, 0.717) is 5.41 Å². The molecule has 1 aliphatic heterocycles. The van der Waals surface area contributed by atoms with Crippen LogP contribution in [0.3, 0.4) is 0 Å². The fourth-order valence-corrected chi connectivity index (χ4v) is 4.43. The van der Waals surface area contributed by atoms with Gasteiger partial charge in [0.2, 0.25) is 0 Å². The first-order valence-electron chi connectivity index (χ1n) is 5.94. The lowest BCUT2D eigenvalue weighted by molar-refractivity contribution is 0.0790. The molecule has 2 nitrogen and oxygen atoms in total. The minimum absolute atomic E-state index is 0.259. The van der Waals surface area contributed by atoms with E-state index in [4.69, 9.17) is 0 Å². The van der Waals surface area contributed by atoms with Gasteiger partial charge >= 0.3 is 0 Å². The van der Waals surface area contributed by atoms with Crippen LogP contribution in [0, 0.1) is 5.41 Å². The number of hydrogen-bond donors (Lipinski definition) is 0. The topological polar surface area (TPSA) is 20.3 Å². The number of carbonyl (C=O) groups is 1. The van der Waals surface area contributed by atoms with E-state index in [-0.39, 0.29) is 5.91 Å². The number of rotatable bonds is 1. The average molecular weight is 235 g/mol. The Morgan fingerprint density at radius 2 is 2.06 bits per heavy atom. The van der Waals surface area contributed by atoms with Crippen LogP contribution in [0.4, 0.5) is 0 Å². The van der Waals surface area contributed by atoms with Crippen LogP contribution in [0.2, 0.25) is 0 Å². The number of thiophene rings is 1. The van der Waals surface area contributed by atoms with E-state index in [0.717, 1.165) is 30.8 Å². The van der Waals surface area contributed by atoms with Gasteiger partial charge in [-0.2, -0.15) is 0 Å². The lowest BCUT2D eigenvalue weighted by atomic mass is 9.90. The predicted molar refractivity (Wildman–Crippen MR) is 65.9 cm³/mol. The Balaban J connectivity index is 2.03. The van der Waals surface area contributed by atoms with Crippen LogP contribution < -0.4 is 0 Å². The van der Waals surface area contributed by atoms with Gasteiger partial charge in [-0.25, -0.2) is 0 Å². The molecule has 86 valence electrons. The highest BCUT2D eigenvalue weighted by Crippen LogP contribution is 2.46. The van der Waals surface area contributed by atoms with Crippen molar-refractivity contribution >= 4 is 17.2 Å². The van der Waals surface area contributed by atoms with Gasteiger partial charge in [0.05, 0.1) is 4.88 Å². The smallest absolute Gasteiger partial charge is 0.264 e. The largest absolute Gasteiger partial charge is 0.334 e. The third kappa shape index (κ3) is 1.27. The number of carbonyl (C=O) groups excluding carboxylic acids is 1. The molecule has 0 fully saturated rings. The van der Waals surface area contributed by atoms with Gasteiger partial charge in [-0.05, 0) is 36.3 Å². The van der Waals surface area contributed by atoms with Crippen molar-refractivity contribution in [2.75, 3.05) is 6.54 Å². The lowest BCUT2D eigenvalue weighted by Crippen LogP contribution is -2.23. The van der Waals surface area contributed by atoms with Crippen molar-refractivity contribution < 1.29 is 4.79 Å². The predicted octanol–water partition coefficient (Wildman–Crippen LogP) is 2.85. The van der Waals surface area contributed by atoms with Crippen LogP contribution >= 0.6 is 11.3 Å². The third-order valence-corrected chi connectivity index (χ3v) is 4.97. The third-order valence-electron chi connectivity index (χ3n) is 3.71. The quantitative estimate of drug-likeness (QED) is 0.733. The monoisotopic (exact) mass is 235 g/mol. The zero-order valence-electron chi connectivity index (χ0n) is 10.1. The zero-order valence-corrected chi connectivity index (χ0v) is 10.9. The number of fused-ring (bicyclic) bond motifs is 3. The van der Waals surface area contributed by atoms with Crippen molar-refractivity contribution in [2.24, 2.45) is 5.41 Å². The van der Waals surface area contributed by atoms with Crippen molar-refractivity contribution in [1.29, 1.82) is 0 Å². The Labute approximate surface area is 100 Å². The van der Waals surface area contributed by atoms with E-state index in [1.165, 1.54) is 16.0 Å². The summed E-state index contributed by atoms with van der Waals surface area (Å²) < 4.78 is 0. The molecule has 0 saturated carbocycles. The number of amides is 1. The molecule has 2 heterocycles. The molecular weight excluding hydrogens is 218 g/mol. The van der Waals surface area contributed by atoms with Gasteiger partial charge in [-0.1, -0.05) is 13.8 Å². The molecule has 1 aromatic heterocycles. The SMILES string of the molecule is CCN1Cc2c(sc3c2CC(C)(C)C3)C1=O. The molecule has 0 saturated heterocycles. The number of nitrogens with zero attached hydrogens (tertiary/aromatic N) is 1. The Hall–Kier alpha value is -0.830. The molecule has 1 amide bonds. The molecule has 0 radical (unpaired) electrons. The molecule has 1 aliphatic carbocycles. The first-order chi connectivity index (χ1) is 7.52. The Morgan fingerprint density at radius 1 is 1.31 bits per heavy atom. The maximum absolute atomic E-state index is 12.0. The van der Waals surface area contributed by atoms with E-state index >= 15 is 0 Å². The summed E-state index contributed by atoms with van der Waals surface area (Å²) in [5, 5.41) is 0. The fraction of sp³-hybridized carbons (Fsp3) is 0.615. The molecule has 0 unspecified atom stereocenters. The fourth-order valence-electron chi connectivity index (χ4n) is 2.88. The van der Waals surface area contributed by atoms with Crippen molar-refractivity contribution in [2.45, 2.75) is 40.2 Å². The summed E-state index contributed by atoms with van der Waals surface area (Å²) in [6, 6.07) is 0. The first-order valence-corrected chi connectivity index (χ1v) is 6.76. The molecule has 0 spiro atoms. The molecule has 0 atom stereocenters. The van der Waals surface area contributed by atoms with Gasteiger partial charge in [0, 0.05) is 18.0 Å². The van der Waals surface area contributed by atoms with E-state index in [1.807, 2.05) is 4.90 Å². The van der Waals surface area contributed by atoms with Crippen LogP contribution in [0.25, 0.3) is 0 Å². The van der Waals surface area contributed by atoms with Gasteiger partial charge in [-0.3, -0.25) is 4.79 Å². The summed E-state index contributed by atoms with van der Waals surface area (Å²) in [6.07, 6.45) is 2.30. The van der Waals surface area contributed by atoms with Crippen molar-refractivity contribution in [3.05, 3.63) is 20.9 Å². The normalized spacial score (nSPS) is 21.4. The van der Waals surface area contributed by atoms with Crippen LogP contribution in [0.15, 0.2) is 0 Å². The van der Waals surface area contributed by atoms with E-state index < -0.39 is 0 Å². The van der Waals surface area contributed by atoms with Gasteiger partial charge in [0.25, 0.3) is 5.91 Å². The van der Waals surface area contributed by atoms with E-state index in [2.05, 4.69) is 20.8 Å². The van der Waals surface area contributed by atoms with Crippen LogP contribution in [-0.4, -0.2) is 17.4 Å². The second kappa shape index (κ2) is 3.10. The first kappa shape index (κ1) is 10.3. The molecule has 0 aromatic carbocycles. The Morgan fingerprint density at radius 3 is 2.75 bits per heavy atom. The maximum atomic E-state index is 12.0. The van der Waals surface area contributed by atoms with Gasteiger partial charge in [-0.15, -0.1) is 11.3 Å². The highest BCUT2D eigenvalue weighted by atomic mass is 32.1. The zero-order chi connectivity index (χ0) is 11.5. The Bertz CT molecular complexity index is 473. The summed E-state index contributed by atoms with van der Waals surface area (Å²) in [7, 11) is 0. The summed E-state index contributed by atoms with van der Waals surface area (Å²) in [6.45, 7) is 8.38. The summed E-state index contributed by atoms with van der Waals surface area (Å²) >= 11 is 1.75. The second-order valence-corrected chi connectivity index (χ2v) is 6.75. The van der Waals surface area contributed by atoms with Crippen LogP contribution in [0.5, 0.6) is 0 Å². The standard InChI is InChI=1S/C13H17NOS/c1-4-14-7-9-8-5-13(2,3)6-10(8)16-11(9)12(14)15/h4-7H2,1-3H3. The van der Waals surface area contributed by atoms with Crippen molar-refractivity contribution in [3.63, 3.8) is 0 Å². The summed E-state index contributed by atoms with van der Waals surface area (Å²) in [4.78, 5) is 16.5. The highest BCUT2D eigenvalue weighted by Gasteiger charge is 2.39. The molecule has 0 N–H and O–H groups in total. The van der Waals surface area contributed by atoms with E-state index in [9.17, 15) is 4.79 Å². The van der Waals surface area contributed by atoms with E-state index in [1.54, 1.807) is 11.3 Å². The van der Waals surface area contributed by atoms with Crippen LogP contribution in [0.1, 0.15) is 46.4 Å². The molecule has 16 heavy (non-hydrogen) atoms. The second-order valence-electron chi connectivity index (χ2n) is 5.65. The molecule has 0 bridgehead atoms. The Kier molecular flexibility index (Phi) is 2.00. The molecule has 2 aliphatic rings. The maximum Gasteiger partial charge on any atom is 0.264 e. The lowest BCUT2D eigenvalue weighted by Gasteiger charge is -2.15. The van der Waals surface area contributed by atoms with Gasteiger partial charge in [0.1, 0.15) is 0 Å². The van der Waals surface area contributed by atoms with Crippen molar-refractivity contribution in [1.82, 2.24) is 4.90 Å². The molecule has 3 heteroatoms. The van der Waals surface area contributed by atoms with Crippen molar-refractivity contribution in [3.8, 4) is 0 Å².